The Hall–Kier alpha value is -3.12. The molecule has 1 saturated heterocycles. The molecule has 146 valence electrons. The largest absolute Gasteiger partial charge is 0.325 e. The fourth-order valence-electron chi connectivity index (χ4n) is 3.26. The summed E-state index contributed by atoms with van der Waals surface area (Å²) < 4.78 is 13.1. The van der Waals surface area contributed by atoms with Crippen molar-refractivity contribution in [3.05, 3.63) is 84.7 Å². The topological polar surface area (TPSA) is 49.4 Å². The molecule has 0 spiro atoms. The van der Waals surface area contributed by atoms with Crippen molar-refractivity contribution >= 4 is 35.0 Å². The summed E-state index contributed by atoms with van der Waals surface area (Å²) in [5.41, 5.74) is 1.32. The maximum Gasteiger partial charge on any atom is 0.229 e. The van der Waals surface area contributed by atoms with E-state index in [1.54, 1.807) is 23.9 Å². The van der Waals surface area contributed by atoms with Gasteiger partial charge in [0.25, 0.3) is 0 Å². The van der Waals surface area contributed by atoms with Crippen LogP contribution in [0, 0.1) is 11.7 Å². The van der Waals surface area contributed by atoms with Crippen molar-refractivity contribution in [2.75, 3.05) is 16.8 Å². The molecular formula is C23H19FN2O2S. The van der Waals surface area contributed by atoms with Crippen molar-refractivity contribution in [1.82, 2.24) is 0 Å². The molecule has 1 atom stereocenters. The summed E-state index contributed by atoms with van der Waals surface area (Å²) in [6.07, 6.45) is 0.136. The third kappa shape index (κ3) is 4.49. The van der Waals surface area contributed by atoms with Gasteiger partial charge in [0.15, 0.2) is 0 Å². The summed E-state index contributed by atoms with van der Waals surface area (Å²) in [6, 6.07) is 23.3. The van der Waals surface area contributed by atoms with Crippen molar-refractivity contribution in [2.24, 2.45) is 5.92 Å². The number of para-hydroxylation sites is 1. The molecule has 1 N–H and O–H groups in total. The van der Waals surface area contributed by atoms with E-state index >= 15 is 0 Å². The highest BCUT2D eigenvalue weighted by Gasteiger charge is 2.35. The second-order valence-electron chi connectivity index (χ2n) is 6.78. The number of hydrogen-bond donors (Lipinski definition) is 1. The van der Waals surface area contributed by atoms with Crippen LogP contribution in [0.5, 0.6) is 0 Å². The van der Waals surface area contributed by atoms with Gasteiger partial charge in [0.1, 0.15) is 5.82 Å². The SMILES string of the molecule is O=C(Nc1ccccc1Sc1ccccc1)C1CC(=O)N(c2ccc(F)cc2)C1. The van der Waals surface area contributed by atoms with Crippen molar-refractivity contribution in [2.45, 2.75) is 16.2 Å². The number of carbonyl (C=O) groups is 2. The second kappa shape index (κ2) is 8.49. The van der Waals surface area contributed by atoms with E-state index in [0.717, 1.165) is 15.5 Å². The molecule has 3 aromatic carbocycles. The van der Waals surface area contributed by atoms with Crippen LogP contribution < -0.4 is 10.2 Å². The van der Waals surface area contributed by atoms with Gasteiger partial charge in [0.05, 0.1) is 11.6 Å². The van der Waals surface area contributed by atoms with Gasteiger partial charge >= 0.3 is 0 Å². The molecule has 3 aromatic rings. The zero-order valence-electron chi connectivity index (χ0n) is 15.5. The molecular weight excluding hydrogens is 387 g/mol. The van der Waals surface area contributed by atoms with Gasteiger partial charge < -0.3 is 10.2 Å². The fourth-order valence-corrected chi connectivity index (χ4v) is 4.19. The van der Waals surface area contributed by atoms with Crippen LogP contribution in [-0.2, 0) is 9.59 Å². The number of anilines is 2. The molecule has 0 aromatic heterocycles. The molecule has 0 aliphatic carbocycles. The molecule has 4 rings (SSSR count). The number of nitrogens with zero attached hydrogens (tertiary/aromatic N) is 1. The first-order chi connectivity index (χ1) is 14.1. The van der Waals surface area contributed by atoms with Crippen LogP contribution in [0.25, 0.3) is 0 Å². The van der Waals surface area contributed by atoms with E-state index in [1.165, 1.54) is 17.0 Å². The van der Waals surface area contributed by atoms with Gasteiger partial charge in [-0.1, -0.05) is 42.1 Å². The molecule has 0 saturated carbocycles. The van der Waals surface area contributed by atoms with Gasteiger partial charge in [0.2, 0.25) is 11.8 Å². The van der Waals surface area contributed by atoms with Crippen LogP contribution in [-0.4, -0.2) is 18.4 Å². The first-order valence-electron chi connectivity index (χ1n) is 9.29. The average molecular weight is 406 g/mol. The predicted molar refractivity (Wildman–Crippen MR) is 112 cm³/mol. The van der Waals surface area contributed by atoms with Gasteiger partial charge in [-0.15, -0.1) is 0 Å². The maximum absolute atomic E-state index is 13.1. The Morgan fingerprint density at radius 1 is 0.966 bits per heavy atom. The summed E-state index contributed by atoms with van der Waals surface area (Å²) >= 11 is 1.57. The Morgan fingerprint density at radius 3 is 2.41 bits per heavy atom. The summed E-state index contributed by atoms with van der Waals surface area (Å²) in [6.45, 7) is 0.282. The summed E-state index contributed by atoms with van der Waals surface area (Å²) in [5.74, 6) is -1.14. The molecule has 0 bridgehead atoms. The summed E-state index contributed by atoms with van der Waals surface area (Å²) in [5, 5.41) is 2.98. The van der Waals surface area contributed by atoms with E-state index < -0.39 is 5.92 Å². The van der Waals surface area contributed by atoms with Gasteiger partial charge in [-0.05, 0) is 48.5 Å². The molecule has 1 fully saturated rings. The van der Waals surface area contributed by atoms with E-state index in [0.29, 0.717) is 5.69 Å². The standard InChI is InChI=1S/C23H19FN2O2S/c24-17-10-12-18(13-11-17)26-15-16(14-22(26)27)23(28)25-20-8-4-5-9-21(20)29-19-6-2-1-3-7-19/h1-13,16H,14-15H2,(H,25,28). The molecule has 1 aliphatic heterocycles. The van der Waals surface area contributed by atoms with Gasteiger partial charge in [0, 0.05) is 28.4 Å². The van der Waals surface area contributed by atoms with Crippen LogP contribution in [0.1, 0.15) is 6.42 Å². The highest BCUT2D eigenvalue weighted by molar-refractivity contribution is 7.99. The Balaban J connectivity index is 1.46. The normalized spacial score (nSPS) is 16.1. The number of amides is 2. The molecule has 1 aliphatic rings. The quantitative estimate of drug-likeness (QED) is 0.651. The molecule has 0 radical (unpaired) electrons. The third-order valence-electron chi connectivity index (χ3n) is 4.75. The van der Waals surface area contributed by atoms with Crippen LogP contribution in [0.15, 0.2) is 88.7 Å². The van der Waals surface area contributed by atoms with Gasteiger partial charge in [-0.2, -0.15) is 0 Å². The second-order valence-corrected chi connectivity index (χ2v) is 7.90. The maximum atomic E-state index is 13.1. The fraction of sp³-hybridized carbons (Fsp3) is 0.130. The molecule has 1 heterocycles. The zero-order chi connectivity index (χ0) is 20.2. The smallest absolute Gasteiger partial charge is 0.229 e. The van der Waals surface area contributed by atoms with Crippen LogP contribution >= 0.6 is 11.8 Å². The molecule has 4 nitrogen and oxygen atoms in total. The average Bonchev–Trinajstić information content (AvgIpc) is 3.13. The van der Waals surface area contributed by atoms with E-state index in [4.69, 9.17) is 0 Å². The summed E-state index contributed by atoms with van der Waals surface area (Å²) in [4.78, 5) is 28.8. The van der Waals surface area contributed by atoms with E-state index in [-0.39, 0.29) is 30.6 Å². The van der Waals surface area contributed by atoms with Crippen molar-refractivity contribution in [3.8, 4) is 0 Å². The lowest BCUT2D eigenvalue weighted by molar-refractivity contribution is -0.122. The Bertz CT molecular complexity index is 1020. The number of rotatable bonds is 5. The highest BCUT2D eigenvalue weighted by atomic mass is 32.2. The molecule has 6 heteroatoms. The first-order valence-corrected chi connectivity index (χ1v) is 10.1. The van der Waals surface area contributed by atoms with E-state index in [1.807, 2.05) is 54.6 Å². The molecule has 29 heavy (non-hydrogen) atoms. The number of benzene rings is 3. The zero-order valence-corrected chi connectivity index (χ0v) is 16.4. The first kappa shape index (κ1) is 19.2. The van der Waals surface area contributed by atoms with Crippen molar-refractivity contribution in [1.29, 1.82) is 0 Å². The van der Waals surface area contributed by atoms with Crippen molar-refractivity contribution in [3.63, 3.8) is 0 Å². The van der Waals surface area contributed by atoms with Gasteiger partial charge in [-0.3, -0.25) is 9.59 Å². The van der Waals surface area contributed by atoms with E-state index in [9.17, 15) is 14.0 Å². The molecule has 1 unspecified atom stereocenters. The van der Waals surface area contributed by atoms with Crippen LogP contribution in [0.2, 0.25) is 0 Å². The minimum absolute atomic E-state index is 0.135. The predicted octanol–water partition coefficient (Wildman–Crippen LogP) is 4.97. The van der Waals surface area contributed by atoms with E-state index in [2.05, 4.69) is 5.32 Å². The lowest BCUT2D eigenvalue weighted by Crippen LogP contribution is -2.28. The summed E-state index contributed by atoms with van der Waals surface area (Å²) in [7, 11) is 0. The highest BCUT2D eigenvalue weighted by Crippen LogP contribution is 2.34. The lowest BCUT2D eigenvalue weighted by Gasteiger charge is -2.17. The third-order valence-corrected chi connectivity index (χ3v) is 5.83. The van der Waals surface area contributed by atoms with Crippen LogP contribution in [0.4, 0.5) is 15.8 Å². The Morgan fingerprint density at radius 2 is 1.66 bits per heavy atom. The van der Waals surface area contributed by atoms with Gasteiger partial charge in [-0.25, -0.2) is 4.39 Å². The monoisotopic (exact) mass is 406 g/mol. The minimum Gasteiger partial charge on any atom is -0.325 e. The Kier molecular flexibility index (Phi) is 5.62. The van der Waals surface area contributed by atoms with Crippen LogP contribution in [0.3, 0.4) is 0 Å². The number of carbonyl (C=O) groups excluding carboxylic acids is 2. The lowest BCUT2D eigenvalue weighted by atomic mass is 10.1. The minimum atomic E-state index is -0.456. The molecule has 2 amide bonds. The van der Waals surface area contributed by atoms with Crippen molar-refractivity contribution < 1.29 is 14.0 Å². The Labute approximate surface area is 172 Å². The number of nitrogens with one attached hydrogen (secondary N) is 1. The number of hydrogen-bond acceptors (Lipinski definition) is 3. The number of halogens is 1.